The lowest BCUT2D eigenvalue weighted by atomic mass is 10.1. The normalized spacial score (nSPS) is 16.1. The monoisotopic (exact) mass is 367 g/mol. The molecule has 1 fully saturated rings. The molecular formula is C14H18BrN5S. The molecule has 1 aliphatic rings. The van der Waals surface area contributed by atoms with Crippen molar-refractivity contribution < 1.29 is 0 Å². The fourth-order valence-electron chi connectivity index (χ4n) is 2.27. The van der Waals surface area contributed by atoms with Crippen LogP contribution >= 0.6 is 27.7 Å². The molecule has 7 heteroatoms. The first-order valence-electron chi connectivity index (χ1n) is 7.17. The third kappa shape index (κ3) is 3.46. The minimum atomic E-state index is 0.292. The van der Waals surface area contributed by atoms with Crippen molar-refractivity contribution in [3.8, 4) is 0 Å². The Balaban J connectivity index is 1.88. The second-order valence-corrected chi connectivity index (χ2v) is 7.13. The zero-order valence-corrected chi connectivity index (χ0v) is 14.5. The predicted octanol–water partition coefficient (Wildman–Crippen LogP) is 3.59. The quantitative estimate of drug-likeness (QED) is 0.845. The van der Waals surface area contributed by atoms with E-state index >= 15 is 0 Å². The lowest BCUT2D eigenvalue weighted by Crippen LogP contribution is -2.18. The molecule has 1 N–H and O–H groups in total. The summed E-state index contributed by atoms with van der Waals surface area (Å²) in [5, 5.41) is 16.5. The number of nitrogens with zero attached hydrogens (tertiary/aromatic N) is 4. The number of hydrogen-bond donors (Lipinski definition) is 1. The van der Waals surface area contributed by atoms with Gasteiger partial charge in [0, 0.05) is 15.4 Å². The van der Waals surface area contributed by atoms with Crippen molar-refractivity contribution in [1.82, 2.24) is 25.5 Å². The minimum absolute atomic E-state index is 0.292. The number of nitrogens with one attached hydrogen (secondary N) is 1. The highest BCUT2D eigenvalue weighted by atomic mass is 79.9. The molecule has 0 saturated heterocycles. The van der Waals surface area contributed by atoms with E-state index in [1.165, 1.54) is 23.3 Å². The van der Waals surface area contributed by atoms with Crippen LogP contribution < -0.4 is 5.32 Å². The molecule has 1 aromatic carbocycles. The second-order valence-electron chi connectivity index (χ2n) is 5.20. The third-order valence-corrected chi connectivity index (χ3v) is 5.04. The van der Waals surface area contributed by atoms with Gasteiger partial charge in [0.1, 0.15) is 0 Å². The van der Waals surface area contributed by atoms with Gasteiger partial charge in [-0.15, -0.1) is 5.10 Å². The lowest BCUT2D eigenvalue weighted by Gasteiger charge is -2.17. The summed E-state index contributed by atoms with van der Waals surface area (Å²) in [6, 6.07) is 7.15. The van der Waals surface area contributed by atoms with Gasteiger partial charge in [-0.25, -0.2) is 4.68 Å². The van der Waals surface area contributed by atoms with Crippen LogP contribution in [0.2, 0.25) is 0 Å². The van der Waals surface area contributed by atoms with E-state index in [-0.39, 0.29) is 0 Å². The van der Waals surface area contributed by atoms with Gasteiger partial charge in [0.05, 0.1) is 6.04 Å². The van der Waals surface area contributed by atoms with Crippen LogP contribution in [0, 0.1) is 0 Å². The standard InChI is InChI=1S/C14H18BrN5S/c1-3-16-9(2)12-8-10(15)4-7-13(12)21-14-17-18-19-20(14)11-5-6-11/h4,7-9,11,16H,3,5-6H2,1-2H3. The SMILES string of the molecule is CCNC(C)c1cc(Br)ccc1Sc1nnnn1C1CC1. The van der Waals surface area contributed by atoms with Crippen LogP contribution in [0.25, 0.3) is 0 Å². The van der Waals surface area contributed by atoms with Gasteiger partial charge < -0.3 is 5.32 Å². The predicted molar refractivity (Wildman–Crippen MR) is 86.4 cm³/mol. The van der Waals surface area contributed by atoms with Gasteiger partial charge in [0.2, 0.25) is 5.16 Å². The number of rotatable bonds is 6. The summed E-state index contributed by atoms with van der Waals surface area (Å²) >= 11 is 5.20. The van der Waals surface area contributed by atoms with Crippen molar-refractivity contribution in [2.24, 2.45) is 0 Å². The third-order valence-electron chi connectivity index (χ3n) is 3.51. The number of benzene rings is 1. The minimum Gasteiger partial charge on any atom is -0.310 e. The fraction of sp³-hybridized carbons (Fsp3) is 0.500. The first kappa shape index (κ1) is 15.0. The van der Waals surface area contributed by atoms with Crippen molar-refractivity contribution in [3.05, 3.63) is 28.2 Å². The van der Waals surface area contributed by atoms with Crippen LogP contribution in [0.5, 0.6) is 0 Å². The van der Waals surface area contributed by atoms with E-state index in [0.29, 0.717) is 12.1 Å². The van der Waals surface area contributed by atoms with Crippen molar-refractivity contribution in [3.63, 3.8) is 0 Å². The van der Waals surface area contributed by atoms with Crippen molar-refractivity contribution in [2.75, 3.05) is 6.54 Å². The highest BCUT2D eigenvalue weighted by molar-refractivity contribution is 9.10. The molecule has 21 heavy (non-hydrogen) atoms. The summed E-state index contributed by atoms with van der Waals surface area (Å²) in [6.07, 6.45) is 2.36. The molecule has 0 spiro atoms. The molecule has 112 valence electrons. The fourth-order valence-corrected chi connectivity index (χ4v) is 3.69. The van der Waals surface area contributed by atoms with Crippen molar-refractivity contribution in [2.45, 2.75) is 48.8 Å². The number of hydrogen-bond acceptors (Lipinski definition) is 5. The Bertz CT molecular complexity index is 626. The van der Waals surface area contributed by atoms with Gasteiger partial charge >= 0.3 is 0 Å². The van der Waals surface area contributed by atoms with E-state index in [0.717, 1.165) is 16.2 Å². The first-order valence-corrected chi connectivity index (χ1v) is 8.78. The Morgan fingerprint density at radius 1 is 1.48 bits per heavy atom. The Labute approximate surface area is 137 Å². The summed E-state index contributed by atoms with van der Waals surface area (Å²) in [5.41, 5.74) is 1.27. The largest absolute Gasteiger partial charge is 0.310 e. The maximum Gasteiger partial charge on any atom is 0.214 e. The number of halogens is 1. The molecule has 1 atom stereocenters. The number of aromatic nitrogens is 4. The van der Waals surface area contributed by atoms with Crippen LogP contribution in [-0.2, 0) is 0 Å². The Hall–Kier alpha value is -0.920. The molecule has 3 rings (SSSR count). The second kappa shape index (κ2) is 6.46. The van der Waals surface area contributed by atoms with Crippen LogP contribution in [0.1, 0.15) is 44.3 Å². The zero-order chi connectivity index (χ0) is 14.8. The maximum atomic E-state index is 4.17. The Morgan fingerprint density at radius 2 is 2.29 bits per heavy atom. The molecule has 0 bridgehead atoms. The molecule has 1 saturated carbocycles. The van der Waals surface area contributed by atoms with Gasteiger partial charge in [0.15, 0.2) is 0 Å². The average molecular weight is 368 g/mol. The molecule has 1 aromatic heterocycles. The summed E-state index contributed by atoms with van der Waals surface area (Å²) < 4.78 is 3.04. The van der Waals surface area contributed by atoms with Crippen molar-refractivity contribution >= 4 is 27.7 Å². The Kier molecular flexibility index (Phi) is 4.61. The molecule has 2 aromatic rings. The van der Waals surface area contributed by atoms with Gasteiger partial charge in [0.25, 0.3) is 0 Å². The molecule has 1 aliphatic carbocycles. The summed E-state index contributed by atoms with van der Waals surface area (Å²) in [6.45, 7) is 5.24. The molecule has 0 aliphatic heterocycles. The van der Waals surface area contributed by atoms with E-state index < -0.39 is 0 Å². The van der Waals surface area contributed by atoms with Crippen LogP contribution in [0.3, 0.4) is 0 Å². The Morgan fingerprint density at radius 3 is 3.00 bits per heavy atom. The highest BCUT2D eigenvalue weighted by Crippen LogP contribution is 2.39. The molecule has 5 nitrogen and oxygen atoms in total. The lowest BCUT2D eigenvalue weighted by molar-refractivity contribution is 0.564. The maximum absolute atomic E-state index is 4.17. The van der Waals surface area contributed by atoms with E-state index in [1.807, 2.05) is 4.68 Å². The van der Waals surface area contributed by atoms with Crippen LogP contribution in [0.4, 0.5) is 0 Å². The van der Waals surface area contributed by atoms with E-state index in [9.17, 15) is 0 Å². The molecule has 1 unspecified atom stereocenters. The van der Waals surface area contributed by atoms with E-state index in [4.69, 9.17) is 0 Å². The summed E-state index contributed by atoms with van der Waals surface area (Å²) in [5.74, 6) is 0. The smallest absolute Gasteiger partial charge is 0.214 e. The summed E-state index contributed by atoms with van der Waals surface area (Å²) in [4.78, 5) is 1.20. The van der Waals surface area contributed by atoms with Crippen LogP contribution in [0.15, 0.2) is 32.7 Å². The molecule has 0 radical (unpaired) electrons. The number of tetrazole rings is 1. The molecular weight excluding hydrogens is 350 g/mol. The van der Waals surface area contributed by atoms with Gasteiger partial charge in [-0.2, -0.15) is 0 Å². The topological polar surface area (TPSA) is 55.6 Å². The summed E-state index contributed by atoms with van der Waals surface area (Å²) in [7, 11) is 0. The van der Waals surface area contributed by atoms with E-state index in [1.54, 1.807) is 11.8 Å². The highest BCUT2D eigenvalue weighted by Gasteiger charge is 2.28. The van der Waals surface area contributed by atoms with Gasteiger partial charge in [-0.05, 0) is 72.3 Å². The van der Waals surface area contributed by atoms with Crippen LogP contribution in [-0.4, -0.2) is 26.8 Å². The molecule has 0 amide bonds. The van der Waals surface area contributed by atoms with Gasteiger partial charge in [-0.1, -0.05) is 22.9 Å². The average Bonchev–Trinajstić information content (AvgIpc) is 3.21. The zero-order valence-electron chi connectivity index (χ0n) is 12.1. The molecule has 1 heterocycles. The van der Waals surface area contributed by atoms with Crippen molar-refractivity contribution in [1.29, 1.82) is 0 Å². The van der Waals surface area contributed by atoms with E-state index in [2.05, 4.69) is 68.8 Å². The first-order chi connectivity index (χ1) is 10.2. The van der Waals surface area contributed by atoms with Gasteiger partial charge in [-0.3, -0.25) is 0 Å².